The van der Waals surface area contributed by atoms with Gasteiger partial charge in [0.1, 0.15) is 0 Å². The van der Waals surface area contributed by atoms with Gasteiger partial charge >= 0.3 is 6.03 Å². The Morgan fingerprint density at radius 3 is 2.67 bits per heavy atom. The van der Waals surface area contributed by atoms with Crippen molar-refractivity contribution in [2.45, 2.75) is 27.2 Å². The zero-order valence-electron chi connectivity index (χ0n) is 11.1. The van der Waals surface area contributed by atoms with Crippen molar-refractivity contribution in [3.8, 4) is 0 Å². The molecule has 1 aromatic carbocycles. The highest BCUT2D eigenvalue weighted by molar-refractivity contribution is 5.96. The largest absolute Gasteiger partial charge is 0.338 e. The number of urea groups is 1. The Labute approximate surface area is 108 Å². The summed E-state index contributed by atoms with van der Waals surface area (Å²) in [5, 5.41) is 5.51. The van der Waals surface area contributed by atoms with Crippen LogP contribution in [-0.4, -0.2) is 18.4 Å². The molecule has 2 amide bonds. The Balaban J connectivity index is 2.54. The molecule has 0 radical (unpaired) electrons. The molecule has 0 aliphatic heterocycles. The number of nitrogens with one attached hydrogen (secondary N) is 2. The van der Waals surface area contributed by atoms with E-state index in [2.05, 4.69) is 24.5 Å². The number of amides is 2. The quantitative estimate of drug-likeness (QED) is 0.787. The van der Waals surface area contributed by atoms with Crippen molar-refractivity contribution in [2.75, 3.05) is 11.9 Å². The summed E-state index contributed by atoms with van der Waals surface area (Å²) < 4.78 is 0. The lowest BCUT2D eigenvalue weighted by Crippen LogP contribution is -2.32. The summed E-state index contributed by atoms with van der Waals surface area (Å²) in [6.07, 6.45) is 1.03. The van der Waals surface area contributed by atoms with E-state index in [0.717, 1.165) is 6.42 Å². The van der Waals surface area contributed by atoms with Gasteiger partial charge in [-0.15, -0.1) is 0 Å². The van der Waals surface area contributed by atoms with Crippen LogP contribution in [0.3, 0.4) is 0 Å². The van der Waals surface area contributed by atoms with Gasteiger partial charge in [0.15, 0.2) is 5.78 Å². The van der Waals surface area contributed by atoms with Crippen LogP contribution in [0.2, 0.25) is 0 Å². The van der Waals surface area contributed by atoms with E-state index in [9.17, 15) is 9.59 Å². The number of anilines is 1. The molecule has 0 saturated heterocycles. The molecule has 0 aromatic heterocycles. The molecular formula is C14H20N2O2. The predicted octanol–water partition coefficient (Wildman–Crippen LogP) is 3.06. The lowest BCUT2D eigenvalue weighted by atomic mass is 10.1. The Morgan fingerprint density at radius 1 is 1.33 bits per heavy atom. The fourth-order valence-electron chi connectivity index (χ4n) is 1.40. The Hall–Kier alpha value is -1.84. The van der Waals surface area contributed by atoms with Crippen molar-refractivity contribution in [1.29, 1.82) is 0 Å². The minimum Gasteiger partial charge on any atom is -0.338 e. The monoisotopic (exact) mass is 248 g/mol. The molecule has 0 fully saturated rings. The first-order chi connectivity index (χ1) is 8.52. The number of hydrogen-bond donors (Lipinski definition) is 2. The van der Waals surface area contributed by atoms with E-state index in [4.69, 9.17) is 0 Å². The van der Waals surface area contributed by atoms with Gasteiger partial charge in [0.2, 0.25) is 0 Å². The van der Waals surface area contributed by atoms with Gasteiger partial charge in [-0.05, 0) is 25.0 Å². The predicted molar refractivity (Wildman–Crippen MR) is 72.9 cm³/mol. The topological polar surface area (TPSA) is 58.2 Å². The number of Topliss-reactive ketones (excluding diaryl/α,β-unsaturated/α-hetero) is 1. The van der Waals surface area contributed by atoms with Crippen LogP contribution in [0.15, 0.2) is 24.3 Å². The number of ketones is 1. The summed E-state index contributed by atoms with van der Waals surface area (Å²) in [5.74, 6) is 0.443. The molecule has 0 aliphatic carbocycles. The van der Waals surface area contributed by atoms with Gasteiger partial charge in [-0.2, -0.15) is 0 Å². The molecule has 1 unspecified atom stereocenters. The maximum atomic E-state index is 11.6. The standard InChI is InChI=1S/C14H20N2O2/c1-4-10(2)9-15-14(18)16-13-7-5-6-12(8-13)11(3)17/h5-8,10H,4,9H2,1-3H3,(H2,15,16,18). The average molecular weight is 248 g/mol. The maximum absolute atomic E-state index is 11.6. The Morgan fingerprint density at radius 2 is 2.06 bits per heavy atom. The van der Waals surface area contributed by atoms with E-state index in [-0.39, 0.29) is 11.8 Å². The van der Waals surface area contributed by atoms with Crippen LogP contribution in [0.25, 0.3) is 0 Å². The Bertz CT molecular complexity index is 430. The number of carbonyl (C=O) groups excluding carboxylic acids is 2. The highest BCUT2D eigenvalue weighted by atomic mass is 16.2. The average Bonchev–Trinajstić information content (AvgIpc) is 2.36. The highest BCUT2D eigenvalue weighted by Gasteiger charge is 2.05. The van der Waals surface area contributed by atoms with Crippen LogP contribution in [0.4, 0.5) is 10.5 Å². The first-order valence-corrected chi connectivity index (χ1v) is 6.18. The van der Waals surface area contributed by atoms with Crippen molar-refractivity contribution in [1.82, 2.24) is 5.32 Å². The SMILES string of the molecule is CCC(C)CNC(=O)Nc1cccc(C(C)=O)c1. The molecule has 0 bridgehead atoms. The number of benzene rings is 1. The van der Waals surface area contributed by atoms with Crippen LogP contribution >= 0.6 is 0 Å². The summed E-state index contributed by atoms with van der Waals surface area (Å²) in [6, 6.07) is 6.67. The van der Waals surface area contributed by atoms with Crippen LogP contribution in [0.1, 0.15) is 37.6 Å². The number of rotatable bonds is 5. The van der Waals surface area contributed by atoms with Crippen molar-refractivity contribution in [2.24, 2.45) is 5.92 Å². The molecule has 0 heterocycles. The summed E-state index contributed by atoms with van der Waals surface area (Å²) >= 11 is 0. The summed E-state index contributed by atoms with van der Waals surface area (Å²) in [6.45, 7) is 6.31. The first kappa shape index (κ1) is 14.2. The second kappa shape index (κ2) is 6.79. The minimum absolute atomic E-state index is 0.0151. The van der Waals surface area contributed by atoms with E-state index in [1.807, 2.05) is 0 Å². The second-order valence-electron chi connectivity index (χ2n) is 4.49. The van der Waals surface area contributed by atoms with Gasteiger partial charge in [0.25, 0.3) is 0 Å². The van der Waals surface area contributed by atoms with E-state index >= 15 is 0 Å². The molecule has 0 saturated carbocycles. The molecule has 2 N–H and O–H groups in total. The molecule has 18 heavy (non-hydrogen) atoms. The third-order valence-corrected chi connectivity index (χ3v) is 2.83. The lowest BCUT2D eigenvalue weighted by molar-refractivity contribution is 0.101. The smallest absolute Gasteiger partial charge is 0.319 e. The molecule has 0 aliphatic rings. The Kier molecular flexibility index (Phi) is 5.36. The van der Waals surface area contributed by atoms with E-state index in [1.165, 1.54) is 6.92 Å². The molecule has 4 heteroatoms. The van der Waals surface area contributed by atoms with Gasteiger partial charge in [-0.1, -0.05) is 32.4 Å². The zero-order chi connectivity index (χ0) is 13.5. The lowest BCUT2D eigenvalue weighted by Gasteiger charge is -2.11. The van der Waals surface area contributed by atoms with Crippen LogP contribution < -0.4 is 10.6 Å². The normalized spacial score (nSPS) is 11.7. The third-order valence-electron chi connectivity index (χ3n) is 2.83. The number of carbonyl (C=O) groups is 2. The molecule has 0 spiro atoms. The van der Waals surface area contributed by atoms with Crippen molar-refractivity contribution in [3.63, 3.8) is 0 Å². The van der Waals surface area contributed by atoms with Crippen molar-refractivity contribution in [3.05, 3.63) is 29.8 Å². The molecular weight excluding hydrogens is 228 g/mol. The number of hydrogen-bond acceptors (Lipinski definition) is 2. The summed E-state index contributed by atoms with van der Waals surface area (Å²) in [4.78, 5) is 22.8. The van der Waals surface area contributed by atoms with E-state index in [0.29, 0.717) is 23.7 Å². The van der Waals surface area contributed by atoms with E-state index < -0.39 is 0 Å². The second-order valence-corrected chi connectivity index (χ2v) is 4.49. The van der Waals surface area contributed by atoms with E-state index in [1.54, 1.807) is 24.3 Å². The van der Waals surface area contributed by atoms with Crippen LogP contribution in [-0.2, 0) is 0 Å². The summed E-state index contributed by atoms with van der Waals surface area (Å²) in [5.41, 5.74) is 1.22. The van der Waals surface area contributed by atoms with Crippen LogP contribution in [0.5, 0.6) is 0 Å². The fourth-order valence-corrected chi connectivity index (χ4v) is 1.40. The molecule has 98 valence electrons. The molecule has 4 nitrogen and oxygen atoms in total. The maximum Gasteiger partial charge on any atom is 0.319 e. The molecule has 1 atom stereocenters. The van der Waals surface area contributed by atoms with Gasteiger partial charge < -0.3 is 10.6 Å². The van der Waals surface area contributed by atoms with Gasteiger partial charge in [-0.25, -0.2) is 4.79 Å². The minimum atomic E-state index is -0.240. The zero-order valence-corrected chi connectivity index (χ0v) is 11.1. The molecule has 1 rings (SSSR count). The van der Waals surface area contributed by atoms with Gasteiger partial charge in [0.05, 0.1) is 0 Å². The van der Waals surface area contributed by atoms with Crippen LogP contribution in [0, 0.1) is 5.92 Å². The molecule has 1 aromatic rings. The highest BCUT2D eigenvalue weighted by Crippen LogP contribution is 2.11. The van der Waals surface area contributed by atoms with Crippen molar-refractivity contribution < 1.29 is 9.59 Å². The fraction of sp³-hybridized carbons (Fsp3) is 0.429. The first-order valence-electron chi connectivity index (χ1n) is 6.18. The third kappa shape index (κ3) is 4.57. The van der Waals surface area contributed by atoms with Gasteiger partial charge in [-0.3, -0.25) is 4.79 Å². The summed E-state index contributed by atoms with van der Waals surface area (Å²) in [7, 11) is 0. The van der Waals surface area contributed by atoms with Crippen molar-refractivity contribution >= 4 is 17.5 Å². The van der Waals surface area contributed by atoms with Gasteiger partial charge in [0, 0.05) is 17.8 Å².